The molecule has 0 N–H and O–H groups in total. The fraction of sp³-hybridized carbons (Fsp3) is 0. The Morgan fingerprint density at radius 2 is 0.672 bits per heavy atom. The molecule has 0 fully saturated rings. The van der Waals surface area contributed by atoms with Gasteiger partial charge < -0.3 is 4.42 Å². The quantitative estimate of drug-likeness (QED) is 0.162. The second-order valence-electron chi connectivity index (χ2n) is 14.0. The van der Waals surface area contributed by atoms with E-state index in [4.69, 9.17) is 25.0 Å². The van der Waals surface area contributed by atoms with Crippen LogP contribution in [0.25, 0.3) is 142 Å². The molecule has 13 aromatic carbocycles. The molecule has 280 valence electrons. The molecule has 1 heterocycles. The number of furan rings is 1. The maximum atomic E-state index is 10.4. The zero-order chi connectivity index (χ0) is 69.3. The second kappa shape index (κ2) is 12.3. The minimum absolute atomic E-state index is 0.364. The monoisotopic (exact) mass is 804 g/mol. The topological polar surface area (TPSA) is 13.1 Å². The molecule has 1 heteroatoms. The van der Waals surface area contributed by atoms with Crippen LogP contribution < -0.4 is 0 Å². The van der Waals surface area contributed by atoms with Gasteiger partial charge in [-0.25, -0.2) is 0 Å². The summed E-state index contributed by atoms with van der Waals surface area (Å²) in [5.41, 5.74) is -8.94. The first-order chi connectivity index (χ1) is 44.4. The van der Waals surface area contributed by atoms with Gasteiger partial charge in [0.15, 0.2) is 0 Å². The summed E-state index contributed by atoms with van der Waals surface area (Å²) in [6.45, 7) is 0. The highest BCUT2D eigenvalue weighted by molar-refractivity contribution is 6.27. The zero-order valence-electron chi connectivity index (χ0n) is 64.4. The largest absolute Gasteiger partial charge is 0.456 e. The van der Waals surface area contributed by atoms with Crippen molar-refractivity contribution in [1.29, 1.82) is 0 Å². The van der Waals surface area contributed by atoms with E-state index < -0.39 is 342 Å². The van der Waals surface area contributed by atoms with Gasteiger partial charge in [-0.1, -0.05) is 169 Å². The Kier molecular flexibility index (Phi) is 2.88. The van der Waals surface area contributed by atoms with E-state index in [1.54, 1.807) is 0 Å². The smallest absolute Gasteiger partial charge is 0.135 e. The lowest BCUT2D eigenvalue weighted by Gasteiger charge is -2.18. The first-order valence-electron chi connectivity index (χ1n) is 35.4. The highest BCUT2D eigenvalue weighted by Gasteiger charge is 2.19. The predicted octanol–water partition coefficient (Wildman–Crippen LogP) is 17.2. The molecule has 1 nitrogen and oxygen atoms in total. The standard InChI is InChI=1S/C60H34O/c1-2-12-48-47(11-1)45(28-29-49(48)50-25-20-40-18-16-36-8-6-10-38-22-27-53(50)60(40)58(36)38)43-31-42(41-23-30-56-54(34-41)51-13-3-4-14-55(51)61-56)32-44(33-43)46-24-19-39-17-15-35-7-5-9-37-21-26-52(46)59(39)57(35)37/h1-34H/i1D,2D,3D,4D,5D,6D,7D,8D,9D,10D,11D,12D,13D,14D,15D,16D,17D,18D,19D,20D,21D,22D,23D,24D,25D,26D,27D,28D,29D,30D,31D,32D,33D,34D. The number of hydrogen-bond donors (Lipinski definition) is 0. The molecule has 0 aliphatic carbocycles. The Balaban J connectivity index is 1.25. The van der Waals surface area contributed by atoms with E-state index in [2.05, 4.69) is 0 Å². The van der Waals surface area contributed by atoms with E-state index in [0.717, 1.165) is 0 Å². The van der Waals surface area contributed by atoms with E-state index >= 15 is 0 Å². The van der Waals surface area contributed by atoms with Crippen LogP contribution in [0.1, 0.15) is 46.6 Å². The molecular formula is C60H34O. The lowest BCUT2D eigenvalue weighted by molar-refractivity contribution is 0.669. The first kappa shape index (κ1) is 14.3. The molecule has 1 aromatic heterocycles. The van der Waals surface area contributed by atoms with Crippen molar-refractivity contribution in [3.63, 3.8) is 0 Å². The third-order valence-corrected chi connectivity index (χ3v) is 10.8. The summed E-state index contributed by atoms with van der Waals surface area (Å²) in [7, 11) is 0. The Morgan fingerprint density at radius 1 is 0.246 bits per heavy atom. The number of rotatable bonds is 4. The van der Waals surface area contributed by atoms with Gasteiger partial charge >= 0.3 is 0 Å². The summed E-state index contributed by atoms with van der Waals surface area (Å²) in [5, 5.41) is -9.08. The van der Waals surface area contributed by atoms with Crippen molar-refractivity contribution in [1.82, 2.24) is 0 Å². The van der Waals surface area contributed by atoms with Crippen LogP contribution in [0.3, 0.4) is 0 Å². The van der Waals surface area contributed by atoms with Crippen LogP contribution in [0, 0.1) is 0 Å². The van der Waals surface area contributed by atoms with Crippen molar-refractivity contribution in [2.45, 2.75) is 0 Å². The molecule has 0 amide bonds. The average molecular weight is 805 g/mol. The van der Waals surface area contributed by atoms with Crippen LogP contribution in [-0.4, -0.2) is 0 Å². The van der Waals surface area contributed by atoms with Crippen molar-refractivity contribution in [2.75, 3.05) is 0 Å². The van der Waals surface area contributed by atoms with Gasteiger partial charge in [-0.05, 0) is 156 Å². The number of para-hydroxylation sites is 1. The van der Waals surface area contributed by atoms with Crippen LogP contribution in [0.2, 0.25) is 0 Å². The summed E-state index contributed by atoms with van der Waals surface area (Å²) >= 11 is 0. The van der Waals surface area contributed by atoms with Crippen LogP contribution in [-0.2, 0) is 0 Å². The van der Waals surface area contributed by atoms with Gasteiger partial charge in [0.25, 0.3) is 0 Å². The van der Waals surface area contributed by atoms with Gasteiger partial charge in [0.05, 0.1) is 46.6 Å². The van der Waals surface area contributed by atoms with E-state index in [1.165, 1.54) is 0 Å². The second-order valence-corrected chi connectivity index (χ2v) is 14.0. The molecule has 14 rings (SSSR count). The highest BCUT2D eigenvalue weighted by atomic mass is 16.3. The lowest BCUT2D eigenvalue weighted by atomic mass is 9.85. The summed E-state index contributed by atoms with van der Waals surface area (Å²) in [5.74, 6) is 0. The molecule has 61 heavy (non-hydrogen) atoms. The normalized spacial score (nSPS) is 20.1. The summed E-state index contributed by atoms with van der Waals surface area (Å²) in [6, 6.07) is -32.6. The Morgan fingerprint density at radius 3 is 1.33 bits per heavy atom. The number of benzene rings is 13. The molecular weight excluding hydrogens is 737 g/mol. The Bertz CT molecular complexity index is 6080. The van der Waals surface area contributed by atoms with Crippen molar-refractivity contribution in [2.24, 2.45) is 0 Å². The highest BCUT2D eigenvalue weighted by Crippen LogP contribution is 2.46. The molecule has 0 aliphatic heterocycles. The van der Waals surface area contributed by atoms with Gasteiger partial charge in [-0.15, -0.1) is 0 Å². The van der Waals surface area contributed by atoms with E-state index in [0.29, 0.717) is 0 Å². The van der Waals surface area contributed by atoms with Gasteiger partial charge in [0.2, 0.25) is 0 Å². The minimum Gasteiger partial charge on any atom is -0.456 e. The number of fused-ring (bicyclic) bond motifs is 4. The van der Waals surface area contributed by atoms with Gasteiger partial charge in [-0.2, -0.15) is 0 Å². The molecule has 14 aromatic rings. The fourth-order valence-corrected chi connectivity index (χ4v) is 8.08. The van der Waals surface area contributed by atoms with Crippen molar-refractivity contribution in [3.8, 4) is 44.5 Å². The SMILES string of the molecule is [2H]c1c(-c2c([2H])c([2H])c3oc4c([2H])c([2H])c([2H])c([2H])c4c3c2[2H])c([2H])c(-c2c([2H])c([2H])c3c([2H])c([2H])c4c([2H])c([2H])c([2H])c5c([2H])c([2H])c2c3c45)c([2H])c1-c1c([2H])c([2H])c(-c2c([2H])c([2H])c3c([2H])c([2H])c4c([2H])c([2H])c([2H])c5c([2H])c([2H])c2c3c45)c2c([2H])c([2H])c([2H])c([2H])c12. The lowest BCUT2D eigenvalue weighted by Crippen LogP contribution is -1.91. The van der Waals surface area contributed by atoms with Gasteiger partial charge in [0.1, 0.15) is 11.2 Å². The first-order valence-corrected chi connectivity index (χ1v) is 18.4. The molecule has 0 unspecified atom stereocenters. The molecule has 0 saturated heterocycles. The maximum Gasteiger partial charge on any atom is 0.135 e. The number of hydrogen-bond acceptors (Lipinski definition) is 1. The average Bonchev–Trinajstić information content (AvgIpc) is 1.25. The summed E-state index contributed by atoms with van der Waals surface area (Å²) in [4.78, 5) is 0. The zero-order valence-corrected chi connectivity index (χ0v) is 30.4. The molecule has 0 aliphatic rings. The minimum atomic E-state index is -1.25. The fourth-order valence-electron chi connectivity index (χ4n) is 8.08. The summed E-state index contributed by atoms with van der Waals surface area (Å²) < 4.78 is 324. The van der Waals surface area contributed by atoms with Crippen molar-refractivity contribution >= 4 is 97.3 Å². The van der Waals surface area contributed by atoms with E-state index in [-0.39, 0.29) is 5.39 Å². The van der Waals surface area contributed by atoms with Crippen molar-refractivity contribution < 1.29 is 51.0 Å². The third kappa shape index (κ3) is 4.72. The maximum absolute atomic E-state index is 10.4. The van der Waals surface area contributed by atoms with E-state index in [1.807, 2.05) is 0 Å². The van der Waals surface area contributed by atoms with E-state index in [9.17, 15) is 26.0 Å². The molecule has 0 spiro atoms. The Labute approximate surface area is 398 Å². The van der Waals surface area contributed by atoms with Crippen LogP contribution in [0.4, 0.5) is 0 Å². The van der Waals surface area contributed by atoms with Crippen LogP contribution in [0.5, 0.6) is 0 Å². The molecule has 0 bridgehead atoms. The summed E-state index contributed by atoms with van der Waals surface area (Å²) in [6.07, 6.45) is 0. The van der Waals surface area contributed by atoms with Crippen molar-refractivity contribution in [3.05, 3.63) is 205 Å². The Hall–Kier alpha value is -8.00. The van der Waals surface area contributed by atoms with Crippen LogP contribution in [0.15, 0.2) is 210 Å². The molecule has 0 atom stereocenters. The predicted molar refractivity (Wildman–Crippen MR) is 260 cm³/mol. The third-order valence-electron chi connectivity index (χ3n) is 10.8. The van der Waals surface area contributed by atoms with Crippen LogP contribution >= 0.6 is 0 Å². The van der Waals surface area contributed by atoms with Gasteiger partial charge in [0, 0.05) is 10.8 Å². The molecule has 0 saturated carbocycles. The van der Waals surface area contributed by atoms with Gasteiger partial charge in [-0.3, -0.25) is 0 Å². The molecule has 0 radical (unpaired) electrons.